The first-order valence-electron chi connectivity index (χ1n) is 7.43. The van der Waals surface area contributed by atoms with Crippen molar-refractivity contribution in [1.82, 2.24) is 9.97 Å². The van der Waals surface area contributed by atoms with Crippen LogP contribution in [0.5, 0.6) is 5.75 Å². The number of rotatable bonds is 5. The number of aryl methyl sites for hydroxylation is 1. The lowest BCUT2D eigenvalue weighted by Gasteiger charge is -2.13. The van der Waals surface area contributed by atoms with Crippen LogP contribution in [0.25, 0.3) is 0 Å². The van der Waals surface area contributed by atoms with E-state index in [9.17, 15) is 0 Å². The van der Waals surface area contributed by atoms with Crippen LogP contribution in [-0.4, -0.2) is 17.1 Å². The van der Waals surface area contributed by atoms with Crippen molar-refractivity contribution < 1.29 is 4.74 Å². The molecule has 2 aromatic carbocycles. The molecule has 0 spiro atoms. The highest BCUT2D eigenvalue weighted by Gasteiger charge is 2.07. The summed E-state index contributed by atoms with van der Waals surface area (Å²) < 4.78 is 6.33. The van der Waals surface area contributed by atoms with E-state index < -0.39 is 0 Å². The molecule has 1 aromatic heterocycles. The number of halogens is 1. The molecule has 0 aliphatic rings. The lowest BCUT2D eigenvalue weighted by molar-refractivity contribution is 0.417. The van der Waals surface area contributed by atoms with Gasteiger partial charge in [0.1, 0.15) is 23.2 Å². The number of nitrogens with zero attached hydrogens (tertiary/aromatic N) is 2. The summed E-state index contributed by atoms with van der Waals surface area (Å²) in [4.78, 5) is 8.88. The molecule has 6 heteroatoms. The molecule has 0 amide bonds. The van der Waals surface area contributed by atoms with Gasteiger partial charge >= 0.3 is 0 Å². The first-order valence-corrected chi connectivity index (χ1v) is 8.22. The van der Waals surface area contributed by atoms with Crippen molar-refractivity contribution in [3.8, 4) is 5.75 Å². The highest BCUT2D eigenvalue weighted by Crippen LogP contribution is 2.28. The number of aromatic nitrogens is 2. The van der Waals surface area contributed by atoms with Crippen LogP contribution in [0.1, 0.15) is 5.82 Å². The molecule has 3 rings (SSSR count). The molecule has 122 valence electrons. The van der Waals surface area contributed by atoms with Gasteiger partial charge in [-0.25, -0.2) is 9.97 Å². The van der Waals surface area contributed by atoms with Gasteiger partial charge in [0.2, 0.25) is 0 Å². The van der Waals surface area contributed by atoms with Crippen LogP contribution in [0.4, 0.5) is 23.0 Å². The van der Waals surface area contributed by atoms with E-state index in [1.54, 1.807) is 7.11 Å². The van der Waals surface area contributed by atoms with E-state index in [0.29, 0.717) is 17.5 Å². The molecule has 0 atom stereocenters. The van der Waals surface area contributed by atoms with Crippen LogP contribution in [0, 0.1) is 6.92 Å². The lowest BCUT2D eigenvalue weighted by Crippen LogP contribution is -2.02. The Balaban J connectivity index is 1.88. The molecule has 1 heterocycles. The van der Waals surface area contributed by atoms with Gasteiger partial charge in [-0.3, -0.25) is 0 Å². The van der Waals surface area contributed by atoms with E-state index in [4.69, 9.17) is 4.74 Å². The number of anilines is 4. The van der Waals surface area contributed by atoms with Gasteiger partial charge in [0.15, 0.2) is 0 Å². The van der Waals surface area contributed by atoms with Crippen molar-refractivity contribution in [1.29, 1.82) is 0 Å². The smallest absolute Gasteiger partial charge is 0.142 e. The molecule has 0 radical (unpaired) electrons. The van der Waals surface area contributed by atoms with Crippen LogP contribution in [0.15, 0.2) is 59.1 Å². The van der Waals surface area contributed by atoms with Crippen LogP contribution in [0.3, 0.4) is 0 Å². The van der Waals surface area contributed by atoms with Gasteiger partial charge in [-0.1, -0.05) is 24.3 Å². The Morgan fingerprint density at radius 1 is 0.875 bits per heavy atom. The second kappa shape index (κ2) is 7.31. The molecule has 0 aliphatic heterocycles. The number of nitrogens with one attached hydrogen (secondary N) is 2. The quantitative estimate of drug-likeness (QED) is 0.644. The van der Waals surface area contributed by atoms with Gasteiger partial charge in [-0.15, -0.1) is 0 Å². The van der Waals surface area contributed by atoms with Crippen molar-refractivity contribution >= 4 is 38.9 Å². The number of benzene rings is 2. The average molecular weight is 385 g/mol. The molecular weight excluding hydrogens is 368 g/mol. The predicted molar refractivity (Wildman–Crippen MR) is 100 cm³/mol. The zero-order valence-electron chi connectivity index (χ0n) is 13.4. The second-order valence-corrected chi connectivity index (χ2v) is 5.97. The molecule has 24 heavy (non-hydrogen) atoms. The molecule has 0 unspecified atom stereocenters. The summed E-state index contributed by atoms with van der Waals surface area (Å²) in [5, 5.41) is 6.58. The number of methoxy groups -OCH3 is 1. The van der Waals surface area contributed by atoms with E-state index in [2.05, 4.69) is 36.5 Å². The summed E-state index contributed by atoms with van der Waals surface area (Å²) in [6.45, 7) is 1.86. The standard InChI is InChI=1S/C18H17BrN4O/c1-12-20-17(22-14-8-4-3-7-13(14)19)11-18(21-12)23-15-9-5-6-10-16(15)24-2/h3-11H,1-2H3,(H2,20,21,22,23). The molecular formula is C18H17BrN4O. The molecule has 0 aliphatic carbocycles. The van der Waals surface area contributed by atoms with Gasteiger partial charge in [0.25, 0.3) is 0 Å². The molecule has 0 saturated carbocycles. The second-order valence-electron chi connectivity index (χ2n) is 5.12. The Morgan fingerprint density at radius 2 is 1.46 bits per heavy atom. The molecule has 5 nitrogen and oxygen atoms in total. The van der Waals surface area contributed by atoms with E-state index in [1.165, 1.54) is 0 Å². The van der Waals surface area contributed by atoms with Crippen molar-refractivity contribution in [2.24, 2.45) is 0 Å². The van der Waals surface area contributed by atoms with Crippen LogP contribution in [-0.2, 0) is 0 Å². The van der Waals surface area contributed by atoms with Crippen molar-refractivity contribution in [2.45, 2.75) is 6.92 Å². The topological polar surface area (TPSA) is 59.1 Å². The molecule has 3 aromatic rings. The SMILES string of the molecule is COc1ccccc1Nc1cc(Nc2ccccc2Br)nc(C)n1. The fourth-order valence-corrected chi connectivity index (χ4v) is 2.67. The highest BCUT2D eigenvalue weighted by atomic mass is 79.9. The minimum Gasteiger partial charge on any atom is -0.495 e. The molecule has 0 fully saturated rings. The van der Waals surface area contributed by atoms with Gasteiger partial charge < -0.3 is 15.4 Å². The van der Waals surface area contributed by atoms with Gasteiger partial charge in [0.05, 0.1) is 18.5 Å². The fraction of sp³-hybridized carbons (Fsp3) is 0.111. The Hall–Kier alpha value is -2.60. The largest absolute Gasteiger partial charge is 0.495 e. The summed E-state index contributed by atoms with van der Waals surface area (Å²) in [6.07, 6.45) is 0. The summed E-state index contributed by atoms with van der Waals surface area (Å²) in [7, 11) is 1.64. The minimum atomic E-state index is 0.671. The van der Waals surface area contributed by atoms with E-state index >= 15 is 0 Å². The summed E-state index contributed by atoms with van der Waals surface area (Å²) >= 11 is 3.53. The summed E-state index contributed by atoms with van der Waals surface area (Å²) in [5.41, 5.74) is 1.80. The third-order valence-electron chi connectivity index (χ3n) is 3.34. The Labute approximate surface area is 149 Å². The predicted octanol–water partition coefficient (Wildman–Crippen LogP) is 5.04. The normalized spacial score (nSPS) is 10.3. The van der Waals surface area contributed by atoms with Crippen LogP contribution >= 0.6 is 15.9 Å². The number of hydrogen-bond donors (Lipinski definition) is 2. The van der Waals surface area contributed by atoms with Crippen LogP contribution in [0.2, 0.25) is 0 Å². The monoisotopic (exact) mass is 384 g/mol. The minimum absolute atomic E-state index is 0.671. The third-order valence-corrected chi connectivity index (χ3v) is 4.04. The van der Waals surface area contributed by atoms with E-state index in [-0.39, 0.29) is 0 Å². The van der Waals surface area contributed by atoms with Crippen molar-refractivity contribution in [3.05, 3.63) is 64.9 Å². The molecule has 2 N–H and O–H groups in total. The van der Waals surface area contributed by atoms with Gasteiger partial charge in [-0.05, 0) is 47.1 Å². The fourth-order valence-electron chi connectivity index (χ4n) is 2.28. The molecule has 0 bridgehead atoms. The van der Waals surface area contributed by atoms with Gasteiger partial charge in [0, 0.05) is 10.5 Å². The maximum absolute atomic E-state index is 5.36. The lowest BCUT2D eigenvalue weighted by atomic mass is 10.3. The maximum Gasteiger partial charge on any atom is 0.142 e. The average Bonchev–Trinajstić information content (AvgIpc) is 2.57. The van der Waals surface area contributed by atoms with Crippen LogP contribution < -0.4 is 15.4 Å². The Bertz CT molecular complexity index is 854. The highest BCUT2D eigenvalue weighted by molar-refractivity contribution is 9.10. The third kappa shape index (κ3) is 3.83. The number of ether oxygens (including phenoxy) is 1. The maximum atomic E-state index is 5.36. The Kier molecular flexibility index (Phi) is 4.96. The molecule has 0 saturated heterocycles. The summed E-state index contributed by atoms with van der Waals surface area (Å²) in [5.74, 6) is 2.84. The first kappa shape index (κ1) is 16.3. The van der Waals surface area contributed by atoms with Crippen molar-refractivity contribution in [3.63, 3.8) is 0 Å². The zero-order valence-corrected chi connectivity index (χ0v) is 15.0. The first-order chi connectivity index (χ1) is 11.7. The van der Waals surface area contributed by atoms with Crippen molar-refractivity contribution in [2.75, 3.05) is 17.7 Å². The van der Waals surface area contributed by atoms with E-state index in [0.717, 1.165) is 21.6 Å². The number of para-hydroxylation sites is 3. The number of hydrogen-bond acceptors (Lipinski definition) is 5. The summed E-state index contributed by atoms with van der Waals surface area (Å²) in [6, 6.07) is 17.5. The van der Waals surface area contributed by atoms with E-state index in [1.807, 2.05) is 61.5 Å². The Morgan fingerprint density at radius 3 is 2.12 bits per heavy atom. The zero-order chi connectivity index (χ0) is 16.9. The van der Waals surface area contributed by atoms with Gasteiger partial charge in [-0.2, -0.15) is 0 Å².